The number of carbonyl (C=O) groups is 1. The van der Waals surface area contributed by atoms with Gasteiger partial charge in [0.1, 0.15) is 0 Å². The van der Waals surface area contributed by atoms with Crippen molar-refractivity contribution in [1.29, 1.82) is 0 Å². The highest BCUT2D eigenvalue weighted by Gasteiger charge is 1.89. The van der Waals surface area contributed by atoms with Crippen LogP contribution in [-0.4, -0.2) is 31.5 Å². The fourth-order valence-corrected chi connectivity index (χ4v) is 1.76. The van der Waals surface area contributed by atoms with E-state index in [1.54, 1.807) is 12.7 Å². The molecule has 0 aliphatic carbocycles. The third kappa shape index (κ3) is 3.90. The first-order chi connectivity index (χ1) is 10.3. The molecule has 0 bridgehead atoms. The second-order valence-corrected chi connectivity index (χ2v) is 3.94. The lowest BCUT2D eigenvalue weighted by atomic mass is 10.3. The zero-order valence-electron chi connectivity index (χ0n) is 11.1. The van der Waals surface area contributed by atoms with Gasteiger partial charge in [-0.05, 0) is 24.3 Å². The highest BCUT2D eigenvalue weighted by atomic mass is 16.3. The maximum atomic E-state index is 8.36. The van der Waals surface area contributed by atoms with Crippen LogP contribution >= 0.6 is 0 Å². The van der Waals surface area contributed by atoms with Crippen molar-refractivity contribution >= 4 is 28.5 Å². The molecule has 4 rings (SSSR count). The van der Waals surface area contributed by atoms with E-state index in [0.29, 0.717) is 0 Å². The van der Waals surface area contributed by atoms with Gasteiger partial charge in [0, 0.05) is 0 Å². The highest BCUT2D eigenvalue weighted by Crippen LogP contribution is 2.06. The van der Waals surface area contributed by atoms with Crippen LogP contribution in [0.15, 0.2) is 61.2 Å². The van der Waals surface area contributed by atoms with Gasteiger partial charge < -0.3 is 15.1 Å². The second kappa shape index (κ2) is 7.44. The SMILES string of the molecule is O=CO.c1ccc2[nH]cnc2c1.c1ccc2[nH]cnc2c1. The van der Waals surface area contributed by atoms with E-state index in [2.05, 4.69) is 19.9 Å². The smallest absolute Gasteiger partial charge is 0.290 e. The molecule has 21 heavy (non-hydrogen) atoms. The molecule has 0 fully saturated rings. The molecule has 2 aromatic heterocycles. The number of imidazole rings is 2. The number of aromatic nitrogens is 4. The minimum absolute atomic E-state index is 0.250. The van der Waals surface area contributed by atoms with Gasteiger partial charge in [-0.1, -0.05) is 24.3 Å². The molecule has 0 saturated heterocycles. The predicted molar refractivity (Wildman–Crippen MR) is 80.9 cm³/mol. The normalized spacial score (nSPS) is 9.33. The average molecular weight is 282 g/mol. The fourth-order valence-electron chi connectivity index (χ4n) is 1.76. The van der Waals surface area contributed by atoms with E-state index in [1.807, 2.05) is 48.5 Å². The standard InChI is InChI=1S/2C7H6N2.CH2O2/c2*1-2-4-7-6(3-1)8-5-9-7;2-1-3/h2*1-5H,(H,8,9);1H,(H,2,3). The number of rotatable bonds is 0. The number of carboxylic acid groups (broad SMARTS) is 1. The van der Waals surface area contributed by atoms with Crippen LogP contribution in [0.3, 0.4) is 0 Å². The van der Waals surface area contributed by atoms with Crippen LogP contribution in [0.25, 0.3) is 22.1 Å². The van der Waals surface area contributed by atoms with Gasteiger partial charge in [-0.25, -0.2) is 9.97 Å². The minimum Gasteiger partial charge on any atom is -0.483 e. The van der Waals surface area contributed by atoms with Gasteiger partial charge in [-0.2, -0.15) is 0 Å². The maximum Gasteiger partial charge on any atom is 0.290 e. The van der Waals surface area contributed by atoms with Crippen molar-refractivity contribution in [1.82, 2.24) is 19.9 Å². The molecule has 6 nitrogen and oxygen atoms in total. The Morgan fingerprint density at radius 2 is 1.19 bits per heavy atom. The van der Waals surface area contributed by atoms with Crippen molar-refractivity contribution in [3.8, 4) is 0 Å². The van der Waals surface area contributed by atoms with Gasteiger partial charge in [0.25, 0.3) is 6.47 Å². The Labute approximate surface area is 120 Å². The minimum atomic E-state index is -0.250. The molecule has 0 radical (unpaired) electrons. The summed E-state index contributed by atoms with van der Waals surface area (Å²) in [7, 11) is 0. The van der Waals surface area contributed by atoms with E-state index < -0.39 is 0 Å². The summed E-state index contributed by atoms with van der Waals surface area (Å²) in [5.41, 5.74) is 4.24. The van der Waals surface area contributed by atoms with Gasteiger partial charge in [-0.15, -0.1) is 0 Å². The van der Waals surface area contributed by atoms with Gasteiger partial charge in [0.2, 0.25) is 0 Å². The molecule has 0 unspecified atom stereocenters. The topological polar surface area (TPSA) is 94.7 Å². The summed E-state index contributed by atoms with van der Waals surface area (Å²) in [4.78, 5) is 22.5. The molecule has 0 aliphatic rings. The summed E-state index contributed by atoms with van der Waals surface area (Å²) >= 11 is 0. The van der Waals surface area contributed by atoms with E-state index in [9.17, 15) is 0 Å². The quantitative estimate of drug-likeness (QED) is 0.432. The van der Waals surface area contributed by atoms with Gasteiger partial charge in [0.05, 0.1) is 34.7 Å². The molecular formula is C15H14N4O2. The van der Waals surface area contributed by atoms with Crippen molar-refractivity contribution < 1.29 is 9.90 Å². The van der Waals surface area contributed by atoms with Crippen molar-refractivity contribution in [2.24, 2.45) is 0 Å². The van der Waals surface area contributed by atoms with Crippen LogP contribution in [0.4, 0.5) is 0 Å². The first-order valence-electron chi connectivity index (χ1n) is 6.19. The number of aromatic amines is 2. The number of hydrogen-bond donors (Lipinski definition) is 3. The monoisotopic (exact) mass is 282 g/mol. The first-order valence-corrected chi connectivity index (χ1v) is 6.19. The summed E-state index contributed by atoms with van der Waals surface area (Å²) in [5.74, 6) is 0. The van der Waals surface area contributed by atoms with Crippen molar-refractivity contribution in [2.45, 2.75) is 0 Å². The van der Waals surface area contributed by atoms with Crippen LogP contribution in [0.1, 0.15) is 0 Å². The molecule has 106 valence electrons. The Morgan fingerprint density at radius 3 is 1.57 bits per heavy atom. The molecule has 0 amide bonds. The number of nitrogens with zero attached hydrogens (tertiary/aromatic N) is 2. The number of hydrogen-bond acceptors (Lipinski definition) is 3. The lowest BCUT2D eigenvalue weighted by Crippen LogP contribution is -1.63. The van der Waals surface area contributed by atoms with Crippen molar-refractivity contribution in [3.63, 3.8) is 0 Å². The molecule has 2 heterocycles. The Hall–Kier alpha value is -3.15. The van der Waals surface area contributed by atoms with Crippen molar-refractivity contribution in [3.05, 3.63) is 61.2 Å². The van der Waals surface area contributed by atoms with Crippen LogP contribution in [0, 0.1) is 0 Å². The Balaban J connectivity index is 0.000000130. The molecule has 3 N–H and O–H groups in total. The van der Waals surface area contributed by atoms with Gasteiger partial charge in [0.15, 0.2) is 0 Å². The first kappa shape index (κ1) is 14.3. The van der Waals surface area contributed by atoms with Crippen LogP contribution in [0.5, 0.6) is 0 Å². The second-order valence-electron chi connectivity index (χ2n) is 3.94. The lowest BCUT2D eigenvalue weighted by Gasteiger charge is -1.81. The molecule has 6 heteroatoms. The van der Waals surface area contributed by atoms with E-state index in [1.165, 1.54) is 0 Å². The third-order valence-electron chi connectivity index (χ3n) is 2.66. The van der Waals surface area contributed by atoms with Gasteiger partial charge in [-0.3, -0.25) is 4.79 Å². The van der Waals surface area contributed by atoms with Crippen LogP contribution < -0.4 is 0 Å². The Morgan fingerprint density at radius 1 is 0.810 bits per heavy atom. The molecule has 2 aromatic carbocycles. The summed E-state index contributed by atoms with van der Waals surface area (Å²) in [6.07, 6.45) is 3.40. The summed E-state index contributed by atoms with van der Waals surface area (Å²) in [5, 5.41) is 6.89. The molecule has 0 saturated carbocycles. The summed E-state index contributed by atoms with van der Waals surface area (Å²) in [6.45, 7) is -0.250. The molecule has 4 aromatic rings. The number of H-pyrrole nitrogens is 2. The molecule has 0 aliphatic heterocycles. The van der Waals surface area contributed by atoms with Crippen LogP contribution in [0.2, 0.25) is 0 Å². The third-order valence-corrected chi connectivity index (χ3v) is 2.66. The lowest BCUT2D eigenvalue weighted by molar-refractivity contribution is -0.122. The number of para-hydroxylation sites is 4. The van der Waals surface area contributed by atoms with Crippen molar-refractivity contribution in [2.75, 3.05) is 0 Å². The van der Waals surface area contributed by atoms with Gasteiger partial charge >= 0.3 is 0 Å². The Bertz CT molecular complexity index is 681. The van der Waals surface area contributed by atoms with E-state index in [4.69, 9.17) is 9.90 Å². The van der Waals surface area contributed by atoms with E-state index in [0.717, 1.165) is 22.1 Å². The number of fused-ring (bicyclic) bond motifs is 2. The summed E-state index contributed by atoms with van der Waals surface area (Å²) in [6, 6.07) is 15.9. The average Bonchev–Trinajstić information content (AvgIpc) is 3.17. The zero-order valence-corrected chi connectivity index (χ0v) is 11.1. The molecular weight excluding hydrogens is 268 g/mol. The Kier molecular flexibility index (Phi) is 5.05. The molecule has 0 atom stereocenters. The number of nitrogens with one attached hydrogen (secondary N) is 2. The van der Waals surface area contributed by atoms with Crippen LogP contribution in [-0.2, 0) is 4.79 Å². The highest BCUT2D eigenvalue weighted by molar-refractivity contribution is 5.74. The largest absolute Gasteiger partial charge is 0.483 e. The molecule has 0 spiro atoms. The van der Waals surface area contributed by atoms with E-state index >= 15 is 0 Å². The fraction of sp³-hybridized carbons (Fsp3) is 0. The number of benzene rings is 2. The maximum absolute atomic E-state index is 8.36. The summed E-state index contributed by atoms with van der Waals surface area (Å²) < 4.78 is 0. The van der Waals surface area contributed by atoms with E-state index in [-0.39, 0.29) is 6.47 Å². The zero-order chi connectivity index (χ0) is 14.9. The predicted octanol–water partition coefficient (Wildman–Crippen LogP) is 2.83.